The fraction of sp³-hybridized carbons (Fsp3) is 0.238. The van der Waals surface area contributed by atoms with Crippen LogP contribution in [0.3, 0.4) is 0 Å². The zero-order valence-corrected chi connectivity index (χ0v) is 15.4. The van der Waals surface area contributed by atoms with Crippen LogP contribution in [-0.2, 0) is 17.8 Å². The van der Waals surface area contributed by atoms with Crippen molar-refractivity contribution in [2.45, 2.75) is 19.9 Å². The first kappa shape index (κ1) is 17.7. The molecular weight excluding hydrogens is 324 g/mol. The molecule has 134 valence electrons. The van der Waals surface area contributed by atoms with Gasteiger partial charge < -0.3 is 10.2 Å². The normalized spacial score (nSPS) is 10.6. The second kappa shape index (κ2) is 7.87. The molecule has 3 rings (SSSR count). The predicted molar refractivity (Wildman–Crippen MR) is 106 cm³/mol. The third-order valence-corrected chi connectivity index (χ3v) is 4.25. The third-order valence-electron chi connectivity index (χ3n) is 4.25. The first-order valence-electron chi connectivity index (χ1n) is 8.65. The van der Waals surface area contributed by atoms with Gasteiger partial charge in [0.15, 0.2) is 0 Å². The van der Waals surface area contributed by atoms with Gasteiger partial charge in [0.2, 0.25) is 5.91 Å². The average molecular weight is 348 g/mol. The Balaban J connectivity index is 1.64. The Morgan fingerprint density at radius 1 is 1.00 bits per heavy atom. The van der Waals surface area contributed by atoms with Crippen molar-refractivity contribution in [1.82, 2.24) is 9.78 Å². The van der Waals surface area contributed by atoms with Crippen LogP contribution in [0.5, 0.6) is 0 Å². The number of benzene rings is 2. The maximum Gasteiger partial charge on any atom is 0.229 e. The van der Waals surface area contributed by atoms with E-state index in [0.29, 0.717) is 18.8 Å². The molecule has 26 heavy (non-hydrogen) atoms. The van der Waals surface area contributed by atoms with Gasteiger partial charge in [-0.25, -0.2) is 4.68 Å². The number of aromatic nitrogens is 2. The van der Waals surface area contributed by atoms with Crippen molar-refractivity contribution in [3.8, 4) is 0 Å². The second-order valence-corrected chi connectivity index (χ2v) is 6.65. The summed E-state index contributed by atoms with van der Waals surface area (Å²) in [7, 11) is 4.04. The van der Waals surface area contributed by atoms with Gasteiger partial charge in [-0.1, -0.05) is 42.0 Å². The van der Waals surface area contributed by atoms with Crippen molar-refractivity contribution in [1.29, 1.82) is 0 Å². The quantitative estimate of drug-likeness (QED) is 0.742. The van der Waals surface area contributed by atoms with Crippen LogP contribution in [0.1, 0.15) is 16.7 Å². The van der Waals surface area contributed by atoms with E-state index in [1.165, 1.54) is 5.56 Å². The molecule has 1 heterocycles. The van der Waals surface area contributed by atoms with E-state index in [9.17, 15) is 4.79 Å². The molecule has 0 aliphatic rings. The Bertz CT molecular complexity index is 864. The van der Waals surface area contributed by atoms with Gasteiger partial charge in [0.1, 0.15) is 5.82 Å². The van der Waals surface area contributed by atoms with Gasteiger partial charge in [-0.15, -0.1) is 0 Å². The van der Waals surface area contributed by atoms with E-state index < -0.39 is 0 Å². The molecule has 0 saturated carbocycles. The molecule has 0 saturated heterocycles. The molecule has 0 fully saturated rings. The number of nitrogens with one attached hydrogen (secondary N) is 1. The minimum Gasteiger partial charge on any atom is -0.378 e. The van der Waals surface area contributed by atoms with E-state index in [-0.39, 0.29) is 5.91 Å². The molecule has 2 aromatic carbocycles. The lowest BCUT2D eigenvalue weighted by atomic mass is 10.1. The lowest BCUT2D eigenvalue weighted by molar-refractivity contribution is -0.115. The molecular formula is C21H24N4O. The number of hydrogen-bond acceptors (Lipinski definition) is 3. The predicted octanol–water partition coefficient (Wildman–Crippen LogP) is 3.49. The zero-order chi connectivity index (χ0) is 18.5. The van der Waals surface area contributed by atoms with Crippen LogP contribution in [0, 0.1) is 6.92 Å². The van der Waals surface area contributed by atoms with E-state index in [2.05, 4.69) is 39.6 Å². The summed E-state index contributed by atoms with van der Waals surface area (Å²) >= 11 is 0. The van der Waals surface area contributed by atoms with E-state index in [4.69, 9.17) is 0 Å². The Hall–Kier alpha value is -3.08. The van der Waals surface area contributed by atoms with Crippen molar-refractivity contribution in [3.05, 3.63) is 77.5 Å². The molecule has 3 aromatic rings. The van der Waals surface area contributed by atoms with Crippen molar-refractivity contribution < 1.29 is 4.79 Å². The lowest BCUT2D eigenvalue weighted by Gasteiger charge is -2.13. The van der Waals surface area contributed by atoms with Gasteiger partial charge >= 0.3 is 0 Å². The molecule has 5 nitrogen and oxygen atoms in total. The highest BCUT2D eigenvalue weighted by Crippen LogP contribution is 2.15. The molecule has 0 bridgehead atoms. The maximum absolute atomic E-state index is 12.3. The van der Waals surface area contributed by atoms with Crippen LogP contribution in [0.2, 0.25) is 0 Å². The Morgan fingerprint density at radius 3 is 2.31 bits per heavy atom. The monoisotopic (exact) mass is 348 g/mol. The van der Waals surface area contributed by atoms with Crippen LogP contribution in [0.15, 0.2) is 60.8 Å². The van der Waals surface area contributed by atoms with E-state index in [1.807, 2.05) is 51.4 Å². The highest BCUT2D eigenvalue weighted by molar-refractivity contribution is 5.91. The van der Waals surface area contributed by atoms with Crippen LogP contribution in [0.4, 0.5) is 11.5 Å². The van der Waals surface area contributed by atoms with Crippen LogP contribution < -0.4 is 10.2 Å². The second-order valence-electron chi connectivity index (χ2n) is 6.65. The number of amides is 1. The summed E-state index contributed by atoms with van der Waals surface area (Å²) < 4.78 is 1.80. The number of carbonyl (C=O) groups excluding carboxylic acids is 1. The Labute approximate surface area is 154 Å². The highest BCUT2D eigenvalue weighted by atomic mass is 16.1. The van der Waals surface area contributed by atoms with Crippen molar-refractivity contribution in [2.75, 3.05) is 24.3 Å². The van der Waals surface area contributed by atoms with Gasteiger partial charge in [0, 0.05) is 25.8 Å². The Morgan fingerprint density at radius 2 is 1.65 bits per heavy atom. The number of rotatable bonds is 6. The molecule has 0 atom stereocenters. The summed E-state index contributed by atoms with van der Waals surface area (Å²) in [6, 6.07) is 18.1. The van der Waals surface area contributed by atoms with Gasteiger partial charge in [0.25, 0.3) is 0 Å². The van der Waals surface area contributed by atoms with Gasteiger partial charge in [-0.2, -0.15) is 5.10 Å². The van der Waals surface area contributed by atoms with Gasteiger partial charge in [-0.3, -0.25) is 4.79 Å². The van der Waals surface area contributed by atoms with Crippen LogP contribution in [-0.4, -0.2) is 29.8 Å². The standard InChI is InChI=1S/C21H24N4O/c1-16-4-6-17(7-5-16)14-21(26)23-20-12-13-22-25(20)15-18-8-10-19(11-9-18)24(2)3/h4-13H,14-15H2,1-3H3,(H,23,26). The van der Waals surface area contributed by atoms with Crippen molar-refractivity contribution in [2.24, 2.45) is 0 Å². The van der Waals surface area contributed by atoms with Crippen molar-refractivity contribution >= 4 is 17.4 Å². The van der Waals surface area contributed by atoms with Crippen molar-refractivity contribution in [3.63, 3.8) is 0 Å². The molecule has 0 aliphatic heterocycles. The topological polar surface area (TPSA) is 50.2 Å². The third kappa shape index (κ3) is 4.51. The number of anilines is 2. The summed E-state index contributed by atoms with van der Waals surface area (Å²) in [5.74, 6) is 0.664. The first-order chi connectivity index (χ1) is 12.5. The smallest absolute Gasteiger partial charge is 0.229 e. The molecule has 1 aromatic heterocycles. The first-order valence-corrected chi connectivity index (χ1v) is 8.65. The van der Waals surface area contributed by atoms with E-state index >= 15 is 0 Å². The Kier molecular flexibility index (Phi) is 5.37. The number of carbonyl (C=O) groups is 1. The molecule has 0 aliphatic carbocycles. The van der Waals surface area contributed by atoms with Gasteiger partial charge in [0.05, 0.1) is 19.2 Å². The fourth-order valence-corrected chi connectivity index (χ4v) is 2.72. The molecule has 0 spiro atoms. The maximum atomic E-state index is 12.3. The number of nitrogens with zero attached hydrogens (tertiary/aromatic N) is 3. The van der Waals surface area contributed by atoms with E-state index in [1.54, 1.807) is 10.9 Å². The summed E-state index contributed by atoms with van der Waals surface area (Å²) in [4.78, 5) is 14.4. The molecule has 0 unspecified atom stereocenters. The summed E-state index contributed by atoms with van der Waals surface area (Å²) in [6.07, 6.45) is 2.05. The SMILES string of the molecule is Cc1ccc(CC(=O)Nc2ccnn2Cc2ccc(N(C)C)cc2)cc1. The van der Waals surface area contributed by atoms with Crippen LogP contribution in [0.25, 0.3) is 0 Å². The van der Waals surface area contributed by atoms with Gasteiger partial charge in [-0.05, 0) is 30.2 Å². The minimum absolute atomic E-state index is 0.0430. The zero-order valence-electron chi connectivity index (χ0n) is 15.4. The molecule has 1 amide bonds. The lowest BCUT2D eigenvalue weighted by Crippen LogP contribution is -2.18. The molecule has 1 N–H and O–H groups in total. The summed E-state index contributed by atoms with van der Waals surface area (Å²) in [6.45, 7) is 2.65. The highest BCUT2D eigenvalue weighted by Gasteiger charge is 2.09. The summed E-state index contributed by atoms with van der Waals surface area (Å²) in [5.41, 5.74) is 4.47. The largest absolute Gasteiger partial charge is 0.378 e. The summed E-state index contributed by atoms with van der Waals surface area (Å²) in [5, 5.41) is 7.29. The number of hydrogen-bond donors (Lipinski definition) is 1. The van der Waals surface area contributed by atoms with Crippen LogP contribution >= 0.6 is 0 Å². The number of aryl methyl sites for hydroxylation is 1. The fourth-order valence-electron chi connectivity index (χ4n) is 2.72. The molecule has 5 heteroatoms. The average Bonchev–Trinajstić information content (AvgIpc) is 3.04. The van der Waals surface area contributed by atoms with E-state index in [0.717, 1.165) is 16.8 Å². The molecule has 0 radical (unpaired) electrons. The minimum atomic E-state index is -0.0430.